The highest BCUT2D eigenvalue weighted by Crippen LogP contribution is 2.43. The minimum atomic E-state index is -4.40. The van der Waals surface area contributed by atoms with Gasteiger partial charge >= 0.3 is 6.18 Å². The van der Waals surface area contributed by atoms with E-state index in [9.17, 15) is 18.4 Å². The summed E-state index contributed by atoms with van der Waals surface area (Å²) in [5, 5.41) is 9.49. The standard InChI is InChI=1S/C14H16F3NOSi/c1-20(2,3)19-13(9-18)7-6-10-4-5-11(8-12(10)13)14(15,16)17/h4-5,8H,6-7H2,1-3H3/t13-/m1/s1. The number of fused-ring (bicyclic) bond motifs is 1. The average molecular weight is 299 g/mol. The van der Waals surface area contributed by atoms with Gasteiger partial charge in [-0.05, 0) is 50.2 Å². The molecule has 0 heterocycles. The van der Waals surface area contributed by atoms with Crippen molar-refractivity contribution in [3.05, 3.63) is 34.9 Å². The Morgan fingerprint density at radius 1 is 1.30 bits per heavy atom. The van der Waals surface area contributed by atoms with Gasteiger partial charge in [-0.25, -0.2) is 0 Å². The molecule has 0 amide bonds. The summed E-state index contributed by atoms with van der Waals surface area (Å²) in [7, 11) is -2.05. The van der Waals surface area contributed by atoms with Crippen LogP contribution in [-0.2, 0) is 22.6 Å². The third-order valence-corrected chi connectivity index (χ3v) is 4.24. The van der Waals surface area contributed by atoms with Crippen molar-refractivity contribution in [3.8, 4) is 6.07 Å². The van der Waals surface area contributed by atoms with E-state index in [4.69, 9.17) is 4.43 Å². The average Bonchev–Trinajstić information content (AvgIpc) is 2.65. The van der Waals surface area contributed by atoms with Gasteiger partial charge < -0.3 is 4.43 Å². The Kier molecular flexibility index (Phi) is 3.47. The molecule has 6 heteroatoms. The summed E-state index contributed by atoms with van der Waals surface area (Å²) in [5.74, 6) is 0. The fourth-order valence-corrected chi connectivity index (χ4v) is 3.86. The van der Waals surface area contributed by atoms with Crippen molar-refractivity contribution in [1.29, 1.82) is 5.26 Å². The van der Waals surface area contributed by atoms with Gasteiger partial charge in [-0.1, -0.05) is 6.07 Å². The molecule has 108 valence electrons. The van der Waals surface area contributed by atoms with Crippen LogP contribution in [0.15, 0.2) is 18.2 Å². The zero-order chi connectivity index (χ0) is 15.2. The van der Waals surface area contributed by atoms with E-state index in [0.717, 1.165) is 17.7 Å². The SMILES string of the molecule is C[Si](C)(C)O[C@@]1(C#N)CCc2ccc(C(F)(F)F)cc21. The van der Waals surface area contributed by atoms with Crippen molar-refractivity contribution < 1.29 is 17.6 Å². The highest BCUT2D eigenvalue weighted by atomic mass is 28.4. The second-order valence-electron chi connectivity index (χ2n) is 6.02. The van der Waals surface area contributed by atoms with Crippen LogP contribution >= 0.6 is 0 Å². The maximum absolute atomic E-state index is 12.8. The predicted molar refractivity (Wildman–Crippen MR) is 71.5 cm³/mol. The summed E-state index contributed by atoms with van der Waals surface area (Å²) < 4.78 is 44.4. The lowest BCUT2D eigenvalue weighted by atomic mass is 9.96. The van der Waals surface area contributed by atoms with Crippen molar-refractivity contribution in [3.63, 3.8) is 0 Å². The van der Waals surface area contributed by atoms with Crippen molar-refractivity contribution in [2.24, 2.45) is 0 Å². The van der Waals surface area contributed by atoms with E-state index in [-0.39, 0.29) is 0 Å². The Morgan fingerprint density at radius 2 is 1.95 bits per heavy atom. The lowest BCUT2D eigenvalue weighted by Gasteiger charge is -2.31. The number of alkyl halides is 3. The second kappa shape index (κ2) is 4.60. The number of halogens is 3. The van der Waals surface area contributed by atoms with Gasteiger partial charge in [0.05, 0.1) is 5.56 Å². The van der Waals surface area contributed by atoms with Crippen LogP contribution in [0, 0.1) is 11.3 Å². The summed E-state index contributed by atoms with van der Waals surface area (Å²) in [6, 6.07) is 5.72. The molecule has 0 spiro atoms. The summed E-state index contributed by atoms with van der Waals surface area (Å²) in [6.07, 6.45) is -3.41. The zero-order valence-corrected chi connectivity index (χ0v) is 12.6. The number of nitrogens with zero attached hydrogens (tertiary/aromatic N) is 1. The van der Waals surface area contributed by atoms with Crippen LogP contribution in [0.3, 0.4) is 0 Å². The monoisotopic (exact) mass is 299 g/mol. The molecule has 0 unspecified atom stereocenters. The van der Waals surface area contributed by atoms with Crippen LogP contribution in [-0.4, -0.2) is 8.32 Å². The van der Waals surface area contributed by atoms with Gasteiger partial charge in [0.1, 0.15) is 6.07 Å². The molecular formula is C14H16F3NOSi. The summed E-state index contributed by atoms with van der Waals surface area (Å²) >= 11 is 0. The molecule has 1 atom stereocenters. The first-order valence-corrected chi connectivity index (χ1v) is 9.80. The molecule has 0 radical (unpaired) electrons. The number of aryl methyl sites for hydroxylation is 1. The normalized spacial score (nSPS) is 22.4. The summed E-state index contributed by atoms with van der Waals surface area (Å²) in [6.45, 7) is 5.78. The Hall–Kier alpha value is -1.32. The Morgan fingerprint density at radius 3 is 2.45 bits per heavy atom. The predicted octanol–water partition coefficient (Wildman–Crippen LogP) is 4.22. The highest BCUT2D eigenvalue weighted by molar-refractivity contribution is 6.69. The van der Waals surface area contributed by atoms with Gasteiger partial charge in [0.25, 0.3) is 0 Å². The first-order chi connectivity index (χ1) is 9.07. The molecule has 0 aliphatic heterocycles. The van der Waals surface area contributed by atoms with Crippen LogP contribution in [0.5, 0.6) is 0 Å². The molecule has 1 aliphatic carbocycles. The van der Waals surface area contributed by atoms with Crippen LogP contribution in [0.1, 0.15) is 23.1 Å². The third-order valence-electron chi connectivity index (χ3n) is 3.28. The van der Waals surface area contributed by atoms with Crippen LogP contribution in [0.25, 0.3) is 0 Å². The van der Waals surface area contributed by atoms with Crippen LogP contribution in [0.2, 0.25) is 19.6 Å². The van der Waals surface area contributed by atoms with Gasteiger partial charge in [0.15, 0.2) is 13.9 Å². The number of rotatable bonds is 2. The fraction of sp³-hybridized carbons (Fsp3) is 0.500. The molecule has 2 nitrogen and oxygen atoms in total. The van der Waals surface area contributed by atoms with E-state index in [2.05, 4.69) is 6.07 Å². The topological polar surface area (TPSA) is 33.0 Å². The smallest absolute Gasteiger partial charge is 0.396 e. The third kappa shape index (κ3) is 2.74. The summed E-state index contributed by atoms with van der Waals surface area (Å²) in [5.41, 5.74) is -0.784. The van der Waals surface area contributed by atoms with E-state index in [1.54, 1.807) is 0 Å². The second-order valence-corrected chi connectivity index (χ2v) is 10.5. The first-order valence-electron chi connectivity index (χ1n) is 6.39. The Labute approximate surface area is 117 Å². The molecule has 0 N–H and O–H groups in total. The van der Waals surface area contributed by atoms with E-state index in [0.29, 0.717) is 18.4 Å². The van der Waals surface area contributed by atoms with Crippen LogP contribution in [0.4, 0.5) is 13.2 Å². The van der Waals surface area contributed by atoms with Crippen molar-refractivity contribution >= 4 is 8.32 Å². The Bertz CT molecular complexity index is 571. The minimum absolute atomic E-state index is 0.386. The summed E-state index contributed by atoms with van der Waals surface area (Å²) in [4.78, 5) is 0. The molecule has 0 saturated carbocycles. The molecule has 0 aromatic heterocycles. The maximum Gasteiger partial charge on any atom is 0.416 e. The van der Waals surface area contributed by atoms with Gasteiger partial charge in [-0.15, -0.1) is 0 Å². The maximum atomic E-state index is 12.8. The van der Waals surface area contributed by atoms with Gasteiger partial charge in [0.2, 0.25) is 0 Å². The molecular weight excluding hydrogens is 283 g/mol. The van der Waals surface area contributed by atoms with Gasteiger partial charge in [-0.3, -0.25) is 0 Å². The number of nitriles is 1. The van der Waals surface area contributed by atoms with Crippen LogP contribution < -0.4 is 0 Å². The number of benzene rings is 1. The lowest BCUT2D eigenvalue weighted by Crippen LogP contribution is -2.38. The lowest BCUT2D eigenvalue weighted by molar-refractivity contribution is -0.137. The molecule has 1 aromatic rings. The van der Waals surface area contributed by atoms with Gasteiger partial charge in [-0.2, -0.15) is 18.4 Å². The molecule has 2 rings (SSSR count). The Balaban J connectivity index is 2.52. The first kappa shape index (κ1) is 15.1. The van der Waals surface area contributed by atoms with Gasteiger partial charge in [0, 0.05) is 5.56 Å². The molecule has 1 aliphatic rings. The molecule has 0 saturated heterocycles. The highest BCUT2D eigenvalue weighted by Gasteiger charge is 2.44. The molecule has 1 aromatic carbocycles. The molecule has 0 bridgehead atoms. The van der Waals surface area contributed by atoms with E-state index >= 15 is 0 Å². The van der Waals surface area contributed by atoms with E-state index in [1.165, 1.54) is 6.07 Å². The molecule has 20 heavy (non-hydrogen) atoms. The van der Waals surface area contributed by atoms with Crippen molar-refractivity contribution in [1.82, 2.24) is 0 Å². The largest absolute Gasteiger partial charge is 0.416 e. The van der Waals surface area contributed by atoms with Crippen molar-refractivity contribution in [2.45, 2.75) is 44.3 Å². The van der Waals surface area contributed by atoms with E-state index in [1.807, 2.05) is 19.6 Å². The number of hydrogen-bond donors (Lipinski definition) is 0. The number of hydrogen-bond acceptors (Lipinski definition) is 2. The zero-order valence-electron chi connectivity index (χ0n) is 11.6. The fourth-order valence-electron chi connectivity index (χ4n) is 2.56. The van der Waals surface area contributed by atoms with E-state index < -0.39 is 25.7 Å². The minimum Gasteiger partial charge on any atom is -0.396 e. The molecule has 0 fully saturated rings. The van der Waals surface area contributed by atoms with Crippen molar-refractivity contribution in [2.75, 3.05) is 0 Å². The quantitative estimate of drug-likeness (QED) is 0.766.